The second-order valence-corrected chi connectivity index (χ2v) is 17.4. The normalized spacial score (nSPS) is 45.1. The number of ketones is 1. The fourth-order valence-electron chi connectivity index (χ4n) is 10.7. The first-order valence-electron chi connectivity index (χ1n) is 20.9. The first-order chi connectivity index (χ1) is 25.9. The Kier molecular flexibility index (Phi) is 14.2. The van der Waals surface area contributed by atoms with Gasteiger partial charge in [0.25, 0.3) is 0 Å². The van der Waals surface area contributed by atoms with Gasteiger partial charge in [0.1, 0.15) is 24.4 Å². The van der Waals surface area contributed by atoms with Crippen LogP contribution >= 0.6 is 0 Å². The third-order valence-corrected chi connectivity index (χ3v) is 14.0. The van der Waals surface area contributed by atoms with Crippen LogP contribution in [0, 0.1) is 41.4 Å². The average molecular weight is 760 g/mol. The van der Waals surface area contributed by atoms with E-state index in [-0.39, 0.29) is 103 Å². The van der Waals surface area contributed by atoms with Crippen LogP contribution in [0.5, 0.6) is 0 Å². The number of methoxy groups -OCH3 is 3. The molecule has 0 spiro atoms. The van der Waals surface area contributed by atoms with E-state index in [1.165, 1.54) is 0 Å². The van der Waals surface area contributed by atoms with Gasteiger partial charge in [-0.25, -0.2) is 0 Å². The van der Waals surface area contributed by atoms with Crippen molar-refractivity contribution in [3.8, 4) is 0 Å². The summed E-state index contributed by atoms with van der Waals surface area (Å²) >= 11 is 0. The number of cyclic esters (lactones) is 1. The Bertz CT molecular complexity index is 1340. The van der Waals surface area contributed by atoms with Crippen LogP contribution in [0.2, 0.25) is 0 Å². The summed E-state index contributed by atoms with van der Waals surface area (Å²) in [5.41, 5.74) is 0.765. The van der Waals surface area contributed by atoms with E-state index in [1.807, 2.05) is 13.8 Å². The second-order valence-electron chi connectivity index (χ2n) is 17.4. The molecule has 1 saturated carbocycles. The largest absolute Gasteiger partial charge is 0.462 e. The molecule has 3 aliphatic carbocycles. The van der Waals surface area contributed by atoms with Crippen LogP contribution in [0.3, 0.4) is 0 Å². The maximum Gasteiger partial charge on any atom is 0.306 e. The number of Topliss-reactive ketones (excluding diaryl/α,β-unsaturated/α-hetero) is 1. The molecule has 0 aromatic rings. The monoisotopic (exact) mass is 759 g/mol. The van der Waals surface area contributed by atoms with Gasteiger partial charge >= 0.3 is 5.97 Å². The summed E-state index contributed by atoms with van der Waals surface area (Å²) in [4.78, 5) is 30.7. The van der Waals surface area contributed by atoms with Crippen molar-refractivity contribution in [2.75, 3.05) is 35.4 Å². The van der Waals surface area contributed by atoms with E-state index in [2.05, 4.69) is 58.0 Å². The lowest BCUT2D eigenvalue weighted by Gasteiger charge is -2.44. The first-order valence-corrected chi connectivity index (χ1v) is 20.9. The van der Waals surface area contributed by atoms with E-state index < -0.39 is 12.4 Å². The van der Waals surface area contributed by atoms with Gasteiger partial charge in [-0.2, -0.15) is 0 Å². The van der Waals surface area contributed by atoms with E-state index >= 15 is 0 Å². The maximum atomic E-state index is 14.7. The minimum Gasteiger partial charge on any atom is -0.462 e. The summed E-state index contributed by atoms with van der Waals surface area (Å²) in [6.45, 7) is 10.4. The Morgan fingerprint density at radius 3 is 2.26 bits per heavy atom. The Morgan fingerprint density at radius 1 is 0.852 bits per heavy atom. The molecule has 0 radical (unpaired) electrons. The molecule has 0 bridgehead atoms. The Morgan fingerprint density at radius 2 is 1.59 bits per heavy atom. The molecule has 18 unspecified atom stereocenters. The van der Waals surface area contributed by atoms with Gasteiger partial charge in [-0.15, -0.1) is 0 Å². The van der Waals surface area contributed by atoms with Gasteiger partial charge in [-0.3, -0.25) is 9.59 Å². The molecular weight excluding hydrogens is 690 g/mol. The molecule has 6 aliphatic rings. The van der Waals surface area contributed by atoms with Crippen molar-refractivity contribution in [3.63, 3.8) is 0 Å². The fourth-order valence-corrected chi connectivity index (χ4v) is 10.7. The zero-order chi connectivity index (χ0) is 38.8. The van der Waals surface area contributed by atoms with Gasteiger partial charge in [-0.05, 0) is 108 Å². The van der Waals surface area contributed by atoms with Crippen LogP contribution in [-0.4, -0.2) is 120 Å². The molecule has 0 aromatic heterocycles. The number of carbonyl (C=O) groups excluding carboxylic acids is 2. The number of ether oxygens (including phenoxy) is 8. The van der Waals surface area contributed by atoms with Gasteiger partial charge in [0.05, 0.1) is 30.8 Å². The lowest BCUT2D eigenvalue weighted by Crippen LogP contribution is -2.59. The van der Waals surface area contributed by atoms with Crippen LogP contribution < -0.4 is 0 Å². The van der Waals surface area contributed by atoms with E-state index in [9.17, 15) is 9.59 Å². The molecule has 0 amide bonds. The van der Waals surface area contributed by atoms with Gasteiger partial charge < -0.3 is 42.8 Å². The number of fused-ring (bicyclic) bond motifs is 5. The highest BCUT2D eigenvalue weighted by Crippen LogP contribution is 2.54. The van der Waals surface area contributed by atoms with Gasteiger partial charge in [0.15, 0.2) is 18.4 Å². The minimum atomic E-state index is -0.597. The van der Waals surface area contributed by atoms with Crippen molar-refractivity contribution in [1.82, 2.24) is 4.90 Å². The number of likely N-dealkylation sites (N-methyl/N-ethyl adjacent to an activating group) is 1. The lowest BCUT2D eigenvalue weighted by molar-refractivity contribution is -0.314. The molecule has 3 aliphatic heterocycles. The zero-order valence-corrected chi connectivity index (χ0v) is 34.5. The molecule has 18 atom stereocenters. The molecular formula is C43H69NO10. The molecule has 54 heavy (non-hydrogen) atoms. The zero-order valence-electron chi connectivity index (χ0n) is 34.5. The molecule has 3 heterocycles. The molecule has 3 saturated heterocycles. The lowest BCUT2D eigenvalue weighted by atomic mass is 9.70. The Balaban J connectivity index is 1.22. The van der Waals surface area contributed by atoms with Crippen LogP contribution in [0.25, 0.3) is 0 Å². The predicted molar refractivity (Wildman–Crippen MR) is 203 cm³/mol. The molecule has 11 nitrogen and oxygen atoms in total. The predicted octanol–water partition coefficient (Wildman–Crippen LogP) is 6.12. The third-order valence-electron chi connectivity index (χ3n) is 14.0. The summed E-state index contributed by atoms with van der Waals surface area (Å²) in [5, 5.41) is 0. The number of rotatable bonds is 10. The number of nitrogens with zero attached hydrogens (tertiary/aromatic N) is 1. The molecule has 0 aromatic carbocycles. The van der Waals surface area contributed by atoms with E-state index in [0.29, 0.717) is 18.4 Å². The van der Waals surface area contributed by atoms with Crippen molar-refractivity contribution in [2.24, 2.45) is 41.4 Å². The van der Waals surface area contributed by atoms with E-state index in [0.717, 1.165) is 50.5 Å². The van der Waals surface area contributed by atoms with Crippen molar-refractivity contribution in [3.05, 3.63) is 23.8 Å². The molecule has 306 valence electrons. The van der Waals surface area contributed by atoms with Crippen LogP contribution in [0.4, 0.5) is 0 Å². The SMILES string of the molecule is CCC(C)C1CCCC(OC2CCC(N(C)C)C(C)O2)C(C)C(=O)C2=CC3C(C=CC4CC(OC5OC(C)C(OC)C(OC)C5OC)CC43)C2CC(=O)O1. The van der Waals surface area contributed by atoms with Crippen molar-refractivity contribution in [2.45, 2.75) is 160 Å². The van der Waals surface area contributed by atoms with Gasteiger partial charge in [0.2, 0.25) is 0 Å². The number of allylic oxidation sites excluding steroid dienone is 4. The highest BCUT2D eigenvalue weighted by molar-refractivity contribution is 5.99. The molecule has 11 heteroatoms. The first kappa shape index (κ1) is 41.9. The van der Waals surface area contributed by atoms with Crippen LogP contribution in [0.15, 0.2) is 23.8 Å². The van der Waals surface area contributed by atoms with Gasteiger partial charge in [-0.1, -0.05) is 45.4 Å². The standard InChI is InChI=1S/C43H69NO10/c1-11-23(2)35-13-12-14-36(54-38-18-17-34(44(6)7)25(4)50-38)24(3)39(46)33-21-31-29(32(33)22-37(45)53-35)16-15-27-19-28(20-30(27)31)52-43-42(49-10)41(48-9)40(47-8)26(5)51-43/h15-16,21,23-32,34-36,38,40-43H,11-14,17-20,22H2,1-10H3. The summed E-state index contributed by atoms with van der Waals surface area (Å²) in [5.74, 6) is 0.231. The number of esters is 1. The van der Waals surface area contributed by atoms with Crippen molar-refractivity contribution < 1.29 is 47.5 Å². The van der Waals surface area contributed by atoms with E-state index in [1.54, 1.807) is 21.3 Å². The molecule has 6 rings (SSSR count). The third kappa shape index (κ3) is 8.74. The minimum absolute atomic E-state index is 0.0336. The maximum absolute atomic E-state index is 14.7. The smallest absolute Gasteiger partial charge is 0.306 e. The van der Waals surface area contributed by atoms with Crippen LogP contribution in [-0.2, 0) is 47.5 Å². The summed E-state index contributed by atoms with van der Waals surface area (Å²) in [6.07, 6.45) is 10.9. The summed E-state index contributed by atoms with van der Waals surface area (Å²) < 4.78 is 49.9. The highest BCUT2D eigenvalue weighted by Gasteiger charge is 2.53. The summed E-state index contributed by atoms with van der Waals surface area (Å²) in [7, 11) is 9.16. The highest BCUT2D eigenvalue weighted by atomic mass is 16.7. The average Bonchev–Trinajstić information content (AvgIpc) is 3.73. The van der Waals surface area contributed by atoms with Crippen LogP contribution in [0.1, 0.15) is 92.4 Å². The quantitative estimate of drug-likeness (QED) is 0.190. The van der Waals surface area contributed by atoms with Gasteiger partial charge in [0, 0.05) is 39.2 Å². The number of carbonyl (C=O) groups is 2. The topological polar surface area (TPSA) is 111 Å². The molecule has 0 N–H and O–H groups in total. The van der Waals surface area contributed by atoms with E-state index in [4.69, 9.17) is 37.9 Å². The number of hydrogen-bond donors (Lipinski definition) is 0. The van der Waals surface area contributed by atoms with Crippen molar-refractivity contribution >= 4 is 11.8 Å². The number of hydrogen-bond acceptors (Lipinski definition) is 11. The second kappa shape index (κ2) is 18.3. The van der Waals surface area contributed by atoms with Crippen molar-refractivity contribution in [1.29, 1.82) is 0 Å². The Hall–Kier alpha value is -1.70. The fraction of sp³-hybridized carbons (Fsp3) is 0.860. The molecule has 4 fully saturated rings. The summed E-state index contributed by atoms with van der Waals surface area (Å²) in [6, 6.07) is 0.335. The Labute approximate surface area is 324 Å².